The van der Waals surface area contributed by atoms with Crippen LogP contribution in [0.4, 0.5) is 5.95 Å². The van der Waals surface area contributed by atoms with Crippen molar-refractivity contribution in [2.24, 2.45) is 0 Å². The Morgan fingerprint density at radius 2 is 1.73 bits per heavy atom. The van der Waals surface area contributed by atoms with Crippen molar-refractivity contribution >= 4 is 40.7 Å². The molecule has 0 saturated carbocycles. The average Bonchev–Trinajstić information content (AvgIpc) is 3.41. The number of ether oxygens (including phenoxy) is 3. The molecule has 2 aromatic heterocycles. The third-order valence-electron chi connectivity index (χ3n) is 6.02. The van der Waals surface area contributed by atoms with E-state index in [1.54, 1.807) is 67.6 Å². The highest BCUT2D eigenvalue weighted by atomic mass is 35.5. The Hall–Kier alpha value is -4.22. The second kappa shape index (κ2) is 9.68. The lowest BCUT2D eigenvalue weighted by atomic mass is 10.0. The molecule has 1 saturated heterocycles. The van der Waals surface area contributed by atoms with Gasteiger partial charge in [-0.3, -0.25) is 14.3 Å². The van der Waals surface area contributed by atoms with Gasteiger partial charge in [0.05, 0.1) is 17.5 Å². The van der Waals surface area contributed by atoms with Gasteiger partial charge in [-0.2, -0.15) is 4.98 Å². The second-order valence-electron chi connectivity index (χ2n) is 8.61. The maximum atomic E-state index is 13.0. The highest BCUT2D eigenvalue weighted by molar-refractivity contribution is 6.24. The molecule has 11 nitrogen and oxygen atoms in total. The van der Waals surface area contributed by atoms with Crippen molar-refractivity contribution in [3.8, 4) is 0 Å². The Kier molecular flexibility index (Phi) is 6.40. The monoisotopic (exact) mass is 523 g/mol. The van der Waals surface area contributed by atoms with Crippen LogP contribution in [0.1, 0.15) is 33.9 Å². The van der Waals surface area contributed by atoms with Crippen molar-refractivity contribution in [1.29, 1.82) is 0 Å². The van der Waals surface area contributed by atoms with E-state index in [0.717, 1.165) is 0 Å². The molecule has 4 unspecified atom stereocenters. The number of carbonyl (C=O) groups is 2. The lowest BCUT2D eigenvalue weighted by molar-refractivity contribution is -0.0565. The zero-order chi connectivity index (χ0) is 26.2. The number of aromatic nitrogens is 4. The first-order valence-electron chi connectivity index (χ1n) is 11.3. The van der Waals surface area contributed by atoms with E-state index >= 15 is 0 Å². The molecule has 5 rings (SSSR count). The molecule has 1 aliphatic heterocycles. The number of carbonyl (C=O) groups excluding carboxylic acids is 2. The number of fused-ring (bicyclic) bond motifs is 1. The predicted molar refractivity (Wildman–Crippen MR) is 133 cm³/mol. The van der Waals surface area contributed by atoms with Crippen LogP contribution in [0.5, 0.6) is 0 Å². The quantitative estimate of drug-likeness (QED) is 0.287. The zero-order valence-electron chi connectivity index (χ0n) is 19.5. The van der Waals surface area contributed by atoms with E-state index in [-0.39, 0.29) is 23.7 Å². The molecule has 1 fully saturated rings. The lowest BCUT2D eigenvalue weighted by Crippen LogP contribution is -2.43. The number of alkyl halides is 1. The van der Waals surface area contributed by atoms with Crippen LogP contribution in [0.3, 0.4) is 0 Å². The van der Waals surface area contributed by atoms with Gasteiger partial charge in [-0.25, -0.2) is 14.6 Å². The van der Waals surface area contributed by atoms with Crippen molar-refractivity contribution < 1.29 is 23.8 Å². The Balaban J connectivity index is 1.47. The molecule has 3 N–H and O–H groups in total. The van der Waals surface area contributed by atoms with Crippen LogP contribution in [-0.2, 0) is 14.2 Å². The van der Waals surface area contributed by atoms with Gasteiger partial charge in [0.15, 0.2) is 23.5 Å². The molecule has 0 amide bonds. The number of rotatable bonds is 6. The summed E-state index contributed by atoms with van der Waals surface area (Å²) in [7, 11) is 0. The number of nitrogens with two attached hydrogens (primary N) is 1. The Morgan fingerprint density at radius 3 is 2.38 bits per heavy atom. The van der Waals surface area contributed by atoms with E-state index in [4.69, 9.17) is 31.5 Å². The Bertz CT molecular complexity index is 1500. The summed E-state index contributed by atoms with van der Waals surface area (Å²) in [6, 6.07) is 16.8. The number of aromatic amines is 1. The summed E-state index contributed by atoms with van der Waals surface area (Å²) in [6.07, 6.45) is -1.69. The predicted octanol–water partition coefficient (Wildman–Crippen LogP) is 2.68. The molecular formula is C25H22ClN5O6. The van der Waals surface area contributed by atoms with E-state index in [1.165, 1.54) is 10.9 Å². The summed E-state index contributed by atoms with van der Waals surface area (Å²) in [4.78, 5) is 47.1. The molecule has 37 heavy (non-hydrogen) atoms. The molecular weight excluding hydrogens is 502 g/mol. The third kappa shape index (κ3) is 4.66. The maximum Gasteiger partial charge on any atom is 0.338 e. The average molecular weight is 524 g/mol. The van der Waals surface area contributed by atoms with Crippen molar-refractivity contribution in [3.05, 3.63) is 88.5 Å². The molecule has 4 atom stereocenters. The van der Waals surface area contributed by atoms with Gasteiger partial charge in [0, 0.05) is 0 Å². The van der Waals surface area contributed by atoms with Gasteiger partial charge in [0.2, 0.25) is 5.95 Å². The first-order chi connectivity index (χ1) is 17.8. The van der Waals surface area contributed by atoms with Crippen LogP contribution in [0.15, 0.2) is 71.8 Å². The van der Waals surface area contributed by atoms with Crippen LogP contribution in [0, 0.1) is 0 Å². The topological polar surface area (TPSA) is 151 Å². The molecule has 0 radical (unpaired) electrons. The minimum absolute atomic E-state index is 0.0297. The second-order valence-corrected chi connectivity index (χ2v) is 9.42. The molecule has 12 heteroatoms. The Labute approximate surface area is 215 Å². The van der Waals surface area contributed by atoms with Crippen molar-refractivity contribution in [2.45, 2.75) is 30.2 Å². The molecule has 0 bridgehead atoms. The van der Waals surface area contributed by atoms with Gasteiger partial charge in [-0.05, 0) is 31.2 Å². The summed E-state index contributed by atoms with van der Waals surface area (Å²) >= 11 is 6.99. The number of benzene rings is 2. The number of esters is 2. The summed E-state index contributed by atoms with van der Waals surface area (Å²) in [6.45, 7) is 1.35. The SMILES string of the molecule is CC1(Cl)C(OC(=O)c2ccccc2)C(COC(=O)c2ccccc2)OC1n1cnc2c(=O)[nH]c(N)nc21. The molecule has 2 aromatic carbocycles. The third-order valence-corrected chi connectivity index (χ3v) is 6.42. The first kappa shape index (κ1) is 24.5. The zero-order valence-corrected chi connectivity index (χ0v) is 20.3. The molecule has 0 aliphatic carbocycles. The normalized spacial score (nSPS) is 23.1. The number of nitrogens with zero attached hydrogens (tertiary/aromatic N) is 3. The lowest BCUT2D eigenvalue weighted by Gasteiger charge is -2.29. The van der Waals surface area contributed by atoms with E-state index in [2.05, 4.69) is 15.0 Å². The maximum absolute atomic E-state index is 13.0. The molecule has 4 aromatic rings. The highest BCUT2D eigenvalue weighted by Gasteiger charge is 2.57. The molecule has 3 heterocycles. The van der Waals surface area contributed by atoms with Crippen LogP contribution in [0.2, 0.25) is 0 Å². The minimum atomic E-state index is -1.39. The number of hydrogen-bond acceptors (Lipinski definition) is 9. The van der Waals surface area contributed by atoms with Crippen LogP contribution >= 0.6 is 11.6 Å². The fraction of sp³-hybridized carbons (Fsp3) is 0.240. The summed E-state index contributed by atoms with van der Waals surface area (Å²) in [5.41, 5.74) is 6.03. The number of halogens is 1. The van der Waals surface area contributed by atoms with E-state index in [1.807, 2.05) is 0 Å². The summed E-state index contributed by atoms with van der Waals surface area (Å²) in [5, 5.41) is 0. The van der Waals surface area contributed by atoms with Crippen molar-refractivity contribution in [3.63, 3.8) is 0 Å². The number of hydrogen-bond donors (Lipinski definition) is 2. The van der Waals surface area contributed by atoms with Crippen LogP contribution in [0.25, 0.3) is 11.2 Å². The smallest absolute Gasteiger partial charge is 0.338 e. The van der Waals surface area contributed by atoms with Crippen molar-refractivity contribution in [2.75, 3.05) is 12.3 Å². The Morgan fingerprint density at radius 1 is 1.11 bits per heavy atom. The fourth-order valence-corrected chi connectivity index (χ4v) is 4.56. The number of anilines is 1. The van der Waals surface area contributed by atoms with Gasteiger partial charge in [0.25, 0.3) is 5.56 Å². The van der Waals surface area contributed by atoms with Gasteiger partial charge in [-0.1, -0.05) is 36.4 Å². The highest BCUT2D eigenvalue weighted by Crippen LogP contribution is 2.46. The number of H-pyrrole nitrogens is 1. The van der Waals surface area contributed by atoms with Gasteiger partial charge < -0.3 is 19.9 Å². The molecule has 190 valence electrons. The largest absolute Gasteiger partial charge is 0.459 e. The standard InChI is InChI=1S/C25H22ClN5O6/c1-25(26)18(37-22(34)15-10-6-3-7-11-15)16(12-35-21(33)14-8-4-2-5-9-14)36-23(25)31-13-28-17-19(31)29-24(27)30-20(17)32/h2-11,13,16,18,23H,12H2,1H3,(H3,27,29,30,32). The first-order valence-corrected chi connectivity index (χ1v) is 11.7. The van der Waals surface area contributed by atoms with Gasteiger partial charge in [-0.15, -0.1) is 11.6 Å². The summed E-state index contributed by atoms with van der Waals surface area (Å²) < 4.78 is 18.9. The molecule has 0 spiro atoms. The van der Waals surface area contributed by atoms with Gasteiger partial charge >= 0.3 is 11.9 Å². The van der Waals surface area contributed by atoms with E-state index in [0.29, 0.717) is 11.1 Å². The summed E-state index contributed by atoms with van der Waals surface area (Å²) in [5.74, 6) is -1.32. The molecule has 1 aliphatic rings. The van der Waals surface area contributed by atoms with E-state index in [9.17, 15) is 14.4 Å². The number of nitrogen functional groups attached to an aromatic ring is 1. The van der Waals surface area contributed by atoms with Crippen LogP contribution in [-0.4, -0.2) is 55.1 Å². The van der Waals surface area contributed by atoms with Crippen molar-refractivity contribution in [1.82, 2.24) is 19.5 Å². The minimum Gasteiger partial charge on any atom is -0.459 e. The fourth-order valence-electron chi connectivity index (χ4n) is 4.22. The van der Waals surface area contributed by atoms with E-state index < -0.39 is 40.8 Å². The number of nitrogens with one attached hydrogen (secondary N) is 1. The van der Waals surface area contributed by atoms with Gasteiger partial charge in [0.1, 0.15) is 17.6 Å². The number of imidazole rings is 1. The van der Waals surface area contributed by atoms with Crippen LogP contribution < -0.4 is 11.3 Å².